The van der Waals surface area contributed by atoms with Crippen molar-refractivity contribution >= 4 is 58.2 Å². The second kappa shape index (κ2) is 22.0. The van der Waals surface area contributed by atoms with Crippen LogP contribution < -0.4 is 30.9 Å². The summed E-state index contributed by atoms with van der Waals surface area (Å²) in [5, 5.41) is 22.5. The number of carbonyl (C=O) groups is 4. The Morgan fingerprint density at radius 2 is 1.82 bits per heavy atom. The summed E-state index contributed by atoms with van der Waals surface area (Å²) in [5.41, 5.74) is 6.53. The van der Waals surface area contributed by atoms with E-state index in [1.54, 1.807) is 42.1 Å². The van der Waals surface area contributed by atoms with Crippen LogP contribution in [0, 0.1) is 18.9 Å². The molecule has 20 heteroatoms. The number of aryl methyl sites for hydroxylation is 1. The second-order valence-electron chi connectivity index (χ2n) is 19.3. The number of nitrogens with zero attached hydrogens (tertiary/aromatic N) is 8. The summed E-state index contributed by atoms with van der Waals surface area (Å²) in [7, 11) is 1.52. The number of methoxy groups -OCH3 is 1. The third-order valence-corrected chi connectivity index (χ3v) is 14.3. The molecule has 4 amide bonds. The molecule has 1 saturated carbocycles. The van der Waals surface area contributed by atoms with E-state index in [0.717, 1.165) is 71.0 Å². The number of amides is 4. The van der Waals surface area contributed by atoms with Gasteiger partial charge in [0.2, 0.25) is 23.7 Å². The highest BCUT2D eigenvalue weighted by atomic mass is 32.1. The summed E-state index contributed by atoms with van der Waals surface area (Å²) in [4.78, 5) is 80.8. The first kappa shape index (κ1) is 50.4. The van der Waals surface area contributed by atoms with E-state index in [9.17, 15) is 24.3 Å². The number of aliphatic hydroxyl groups excluding tert-OH is 1. The molecule has 0 spiro atoms. The van der Waals surface area contributed by atoms with Crippen LogP contribution in [0.4, 0.5) is 23.3 Å². The number of nitrogens with one attached hydrogen (secondary N) is 4. The maximum atomic E-state index is 14.0. The van der Waals surface area contributed by atoms with E-state index in [4.69, 9.17) is 21.0 Å². The number of β-amino-alcohol motifs (C(OH)–C–C–N with tert-alkyl or cyclic N) is 1. The quantitative estimate of drug-likeness (QED) is 0.0465. The van der Waals surface area contributed by atoms with Crippen LogP contribution in [0.2, 0.25) is 0 Å². The van der Waals surface area contributed by atoms with Gasteiger partial charge in [0.25, 0.3) is 11.7 Å². The Morgan fingerprint density at radius 1 is 1.04 bits per heavy atom. The second-order valence-corrected chi connectivity index (χ2v) is 20.1. The number of anilines is 3. The van der Waals surface area contributed by atoms with Crippen molar-refractivity contribution in [3.8, 4) is 21.9 Å². The van der Waals surface area contributed by atoms with Crippen LogP contribution >= 0.6 is 11.3 Å². The average Bonchev–Trinajstić information content (AvgIpc) is 4.21. The number of rotatable bonds is 18. The molecule has 19 nitrogen and oxygen atoms in total. The number of aromatic nitrogens is 5. The van der Waals surface area contributed by atoms with Crippen molar-refractivity contribution in [1.82, 2.24) is 45.4 Å². The van der Waals surface area contributed by atoms with Crippen molar-refractivity contribution < 1.29 is 33.8 Å². The normalized spacial score (nSPS) is 18.0. The van der Waals surface area contributed by atoms with Gasteiger partial charge in [-0.1, -0.05) is 71.4 Å². The summed E-state index contributed by atoms with van der Waals surface area (Å²) in [6, 6.07) is 11.2. The number of fused-ring (bicyclic) bond motifs is 3. The standard InChI is InChI=1S/C51H62N12O7S/c1-8-37-42-45(52-6)56-28-62(42)39-25-55-50(60-46(39)63(37)34-12-9-10-13-34)58-36-19-18-33(22-40(36)69-7)47(66)53-20-11-21-70-27-41(65)59-44(51(3,4)5)49(68)61-26-35(64)23-38(61)48(67)54-24-31-14-16-32(17-15-31)43-30(2)57-29-71-43/h14-19,22,25,28-29,34-35,37-38,44,64H,8-13,20-21,23-24,26-27H2,1-5,7H3,(H,53,66)(H,54,67)(H,59,65)(H,55,58,60)/t35-,37-,38+,44-/m1/s1. The predicted molar refractivity (Wildman–Crippen MR) is 269 cm³/mol. The maximum Gasteiger partial charge on any atom is 0.293 e. The fraction of sp³-hybridized carbons (Fsp3) is 0.471. The highest BCUT2D eigenvalue weighted by Crippen LogP contribution is 2.46. The summed E-state index contributed by atoms with van der Waals surface area (Å²) in [6.07, 6.45) is 8.15. The van der Waals surface area contributed by atoms with Crippen molar-refractivity contribution in [3.63, 3.8) is 0 Å². The molecule has 0 unspecified atom stereocenters. The molecule has 8 rings (SSSR count). The topological polar surface area (TPSA) is 222 Å². The Labute approximate surface area is 417 Å². The summed E-state index contributed by atoms with van der Waals surface area (Å²) >= 11 is 1.57. The van der Waals surface area contributed by atoms with Crippen molar-refractivity contribution in [3.05, 3.63) is 94.4 Å². The molecule has 2 aliphatic heterocycles. The predicted octanol–water partition coefficient (Wildman–Crippen LogP) is 6.56. The van der Waals surface area contributed by atoms with Crippen LogP contribution in [0.25, 0.3) is 21.0 Å². The Balaban J connectivity index is 0.805. The van der Waals surface area contributed by atoms with Crippen LogP contribution in [0.5, 0.6) is 5.75 Å². The largest absolute Gasteiger partial charge is 0.495 e. The van der Waals surface area contributed by atoms with Crippen molar-refractivity contribution in [1.29, 1.82) is 0 Å². The molecule has 5 N–H and O–H groups in total. The van der Waals surface area contributed by atoms with Gasteiger partial charge in [-0.05, 0) is 67.3 Å². The van der Waals surface area contributed by atoms with E-state index in [1.165, 1.54) is 12.0 Å². The Bertz CT molecular complexity index is 2780. The van der Waals surface area contributed by atoms with Crippen LogP contribution in [0.15, 0.2) is 60.5 Å². The first-order chi connectivity index (χ1) is 34.2. The molecule has 0 bridgehead atoms. The fourth-order valence-electron chi connectivity index (χ4n) is 9.68. The molecule has 5 aromatic rings. The van der Waals surface area contributed by atoms with Crippen LogP contribution in [-0.2, 0) is 25.7 Å². The van der Waals surface area contributed by atoms with Crippen LogP contribution in [0.1, 0.15) is 106 Å². The molecule has 4 atom stereocenters. The molecule has 2 fully saturated rings. The Kier molecular flexibility index (Phi) is 15.6. The number of thiazole rings is 1. The number of aliphatic hydroxyl groups is 1. The van der Waals surface area contributed by atoms with E-state index in [1.807, 2.05) is 62.0 Å². The molecular weight excluding hydrogens is 925 g/mol. The van der Waals surface area contributed by atoms with Crippen LogP contribution in [-0.4, -0.2) is 116 Å². The van der Waals surface area contributed by atoms with Crippen molar-refractivity contribution in [2.75, 3.05) is 43.6 Å². The number of hydrogen-bond donors (Lipinski definition) is 5. The molecule has 5 heterocycles. The van der Waals surface area contributed by atoms with Gasteiger partial charge in [0.05, 0.1) is 52.9 Å². The molecule has 3 aromatic heterocycles. The summed E-state index contributed by atoms with van der Waals surface area (Å²) in [6.45, 7) is 17.6. The van der Waals surface area contributed by atoms with E-state index in [2.05, 4.69) is 52.9 Å². The third-order valence-electron chi connectivity index (χ3n) is 13.3. The zero-order valence-electron chi connectivity index (χ0n) is 41.0. The number of imidazole rings is 1. The van der Waals surface area contributed by atoms with Gasteiger partial charge in [-0.3, -0.25) is 23.7 Å². The minimum absolute atomic E-state index is 0.0384. The van der Waals surface area contributed by atoms with Gasteiger partial charge in [-0.25, -0.2) is 9.97 Å². The fourth-order valence-corrected chi connectivity index (χ4v) is 10.5. The SMILES string of the molecule is [C-]#[N+]c1ncn2c1[C@@H](CC)N(C1CCCC1)c1nc(Nc3ccc(C(=O)NCCCOCC(=O)N[C@H](C(=O)N4C[C@H](O)C[C@H]4C(=O)NCc4ccc(-c5scnc5C)cc4)C(C)(C)C)cc3OC)ncc1-2. The number of carbonyl (C=O) groups excluding carboxylic acids is 4. The van der Waals surface area contributed by atoms with Gasteiger partial charge in [0.15, 0.2) is 12.1 Å². The molecule has 374 valence electrons. The number of benzene rings is 2. The lowest BCUT2D eigenvalue weighted by Crippen LogP contribution is -2.58. The van der Waals surface area contributed by atoms with Gasteiger partial charge < -0.3 is 50.5 Å². The third kappa shape index (κ3) is 11.2. The van der Waals surface area contributed by atoms with E-state index < -0.39 is 35.4 Å². The lowest BCUT2D eigenvalue weighted by Gasteiger charge is -2.42. The van der Waals surface area contributed by atoms with E-state index >= 15 is 0 Å². The molecule has 71 heavy (non-hydrogen) atoms. The summed E-state index contributed by atoms with van der Waals surface area (Å²) in [5.74, 6) is 0.251. The molecule has 1 aliphatic carbocycles. The first-order valence-corrected chi connectivity index (χ1v) is 25.0. The molecular formula is C51H62N12O7S. The van der Waals surface area contributed by atoms with Crippen LogP contribution in [0.3, 0.4) is 0 Å². The number of hydrogen-bond acceptors (Lipinski definition) is 14. The lowest BCUT2D eigenvalue weighted by molar-refractivity contribution is -0.144. The highest BCUT2D eigenvalue weighted by Gasteiger charge is 2.45. The van der Waals surface area contributed by atoms with Gasteiger partial charge in [-0.2, -0.15) is 4.98 Å². The zero-order valence-corrected chi connectivity index (χ0v) is 41.8. The van der Waals surface area contributed by atoms with Crippen molar-refractivity contribution in [2.24, 2.45) is 5.41 Å². The Hall–Kier alpha value is -6.95. The average molecular weight is 987 g/mol. The first-order valence-electron chi connectivity index (χ1n) is 24.1. The smallest absolute Gasteiger partial charge is 0.293 e. The summed E-state index contributed by atoms with van der Waals surface area (Å²) < 4.78 is 13.3. The van der Waals surface area contributed by atoms with Gasteiger partial charge in [0.1, 0.15) is 30.1 Å². The van der Waals surface area contributed by atoms with Gasteiger partial charge >= 0.3 is 0 Å². The Morgan fingerprint density at radius 3 is 2.51 bits per heavy atom. The minimum Gasteiger partial charge on any atom is -0.495 e. The van der Waals surface area contributed by atoms with Gasteiger partial charge in [-0.15, -0.1) is 16.3 Å². The highest BCUT2D eigenvalue weighted by molar-refractivity contribution is 7.13. The minimum atomic E-state index is -1.00. The maximum absolute atomic E-state index is 14.0. The number of likely N-dealkylation sites (tertiary alicyclic amines) is 1. The monoisotopic (exact) mass is 986 g/mol. The number of ether oxygens (including phenoxy) is 2. The molecule has 3 aliphatic rings. The zero-order chi connectivity index (χ0) is 50.4. The van der Waals surface area contributed by atoms with E-state index in [-0.39, 0.29) is 63.2 Å². The molecule has 0 radical (unpaired) electrons. The van der Waals surface area contributed by atoms with E-state index in [0.29, 0.717) is 35.2 Å². The van der Waals surface area contributed by atoms with Gasteiger partial charge in [0, 0.05) is 44.3 Å². The van der Waals surface area contributed by atoms with Crippen molar-refractivity contribution in [2.45, 2.75) is 116 Å². The molecule has 1 saturated heterocycles. The molecule has 2 aromatic carbocycles. The lowest BCUT2D eigenvalue weighted by atomic mass is 9.85.